The number of hydrogen-bond acceptors (Lipinski definition) is 4. The molecule has 0 amide bonds. The van der Waals surface area contributed by atoms with Crippen LogP contribution in [0.5, 0.6) is 0 Å². The van der Waals surface area contributed by atoms with Crippen molar-refractivity contribution in [2.45, 2.75) is 45.8 Å². The van der Waals surface area contributed by atoms with E-state index in [1.165, 1.54) is 5.01 Å². The molecule has 1 aromatic heterocycles. The van der Waals surface area contributed by atoms with E-state index in [-0.39, 0.29) is 0 Å². The van der Waals surface area contributed by atoms with Gasteiger partial charge in [-0.3, -0.25) is 4.90 Å². The van der Waals surface area contributed by atoms with Crippen LogP contribution in [0.3, 0.4) is 0 Å². The van der Waals surface area contributed by atoms with E-state index in [1.54, 1.807) is 11.3 Å². The summed E-state index contributed by atoms with van der Waals surface area (Å²) in [6.45, 7) is 7.29. The molecule has 0 radical (unpaired) electrons. The van der Waals surface area contributed by atoms with Crippen molar-refractivity contribution in [1.29, 1.82) is 0 Å². The maximum atomic E-state index is 9.70. The van der Waals surface area contributed by atoms with Crippen molar-refractivity contribution in [3.8, 4) is 0 Å². The van der Waals surface area contributed by atoms with Crippen LogP contribution in [0.1, 0.15) is 37.9 Å². The number of hydrogen-bond donors (Lipinski definition) is 1. The van der Waals surface area contributed by atoms with Crippen LogP contribution in [0, 0.1) is 0 Å². The number of thiazole rings is 1. The Hall–Kier alpha value is -0.450. The van der Waals surface area contributed by atoms with Gasteiger partial charge in [0.15, 0.2) is 0 Å². The van der Waals surface area contributed by atoms with Crippen LogP contribution in [0.15, 0.2) is 5.38 Å². The van der Waals surface area contributed by atoms with Crippen LogP contribution in [-0.2, 0) is 13.0 Å². The highest BCUT2D eigenvalue weighted by molar-refractivity contribution is 7.09. The van der Waals surface area contributed by atoms with E-state index in [9.17, 15) is 5.11 Å². The summed E-state index contributed by atoms with van der Waals surface area (Å²) in [5, 5.41) is 13.0. The third-order valence-corrected chi connectivity index (χ3v) is 3.11. The van der Waals surface area contributed by atoms with Gasteiger partial charge in [0.25, 0.3) is 0 Å². The Bertz CT molecular complexity index is 317. The van der Waals surface area contributed by atoms with E-state index in [0.717, 1.165) is 25.1 Å². The molecule has 1 aromatic rings. The maximum Gasteiger partial charge on any atom is 0.0928 e. The Morgan fingerprint density at radius 3 is 2.75 bits per heavy atom. The molecule has 1 N–H and O–H groups in total. The van der Waals surface area contributed by atoms with Crippen molar-refractivity contribution in [2.24, 2.45) is 0 Å². The second-order valence-electron chi connectivity index (χ2n) is 4.97. The molecule has 4 heteroatoms. The van der Waals surface area contributed by atoms with Gasteiger partial charge in [0.2, 0.25) is 0 Å². The van der Waals surface area contributed by atoms with Gasteiger partial charge >= 0.3 is 0 Å². The molecule has 1 heterocycles. The van der Waals surface area contributed by atoms with Crippen molar-refractivity contribution in [1.82, 2.24) is 9.88 Å². The first-order valence-electron chi connectivity index (χ1n) is 5.75. The van der Waals surface area contributed by atoms with Gasteiger partial charge in [-0.25, -0.2) is 4.98 Å². The Kier molecular flexibility index (Phi) is 4.89. The lowest BCUT2D eigenvalue weighted by Gasteiger charge is -2.24. The first-order chi connectivity index (χ1) is 7.40. The average Bonchev–Trinajstić information content (AvgIpc) is 2.49. The van der Waals surface area contributed by atoms with Gasteiger partial charge in [-0.05, 0) is 33.7 Å². The zero-order valence-electron chi connectivity index (χ0n) is 10.7. The number of aliphatic hydroxyl groups is 1. The summed E-state index contributed by atoms with van der Waals surface area (Å²) in [6, 6.07) is 0. The number of nitrogens with zero attached hydrogens (tertiary/aromatic N) is 2. The summed E-state index contributed by atoms with van der Waals surface area (Å²) in [5.74, 6) is 0. The minimum absolute atomic E-state index is 0.642. The van der Waals surface area contributed by atoms with E-state index in [0.29, 0.717) is 6.54 Å². The smallest absolute Gasteiger partial charge is 0.0928 e. The molecular weight excluding hydrogens is 220 g/mol. The highest BCUT2D eigenvalue weighted by Crippen LogP contribution is 2.14. The Morgan fingerprint density at radius 2 is 2.19 bits per heavy atom. The molecule has 1 rings (SSSR count). The van der Waals surface area contributed by atoms with Gasteiger partial charge in [-0.2, -0.15) is 0 Å². The van der Waals surface area contributed by atoms with Crippen molar-refractivity contribution >= 4 is 11.3 Å². The Morgan fingerprint density at radius 1 is 1.50 bits per heavy atom. The summed E-state index contributed by atoms with van der Waals surface area (Å²) in [4.78, 5) is 6.67. The lowest BCUT2D eigenvalue weighted by Crippen LogP contribution is -2.35. The molecular formula is C12H22N2OS. The van der Waals surface area contributed by atoms with E-state index < -0.39 is 5.60 Å². The fraction of sp³-hybridized carbons (Fsp3) is 0.750. The summed E-state index contributed by atoms with van der Waals surface area (Å²) in [6.07, 6.45) is 2.21. The molecule has 0 saturated heterocycles. The number of likely N-dealkylation sites (N-methyl/N-ethyl adjacent to an activating group) is 1. The predicted molar refractivity (Wildman–Crippen MR) is 68.7 cm³/mol. The SMILES string of the molecule is CCCc1nc(CN(C)CC(C)(C)O)cs1. The van der Waals surface area contributed by atoms with Gasteiger partial charge in [-0.15, -0.1) is 11.3 Å². The second kappa shape index (κ2) is 5.75. The number of rotatable bonds is 6. The van der Waals surface area contributed by atoms with Gasteiger partial charge in [-0.1, -0.05) is 6.92 Å². The Balaban J connectivity index is 2.46. The van der Waals surface area contributed by atoms with Gasteiger partial charge in [0.05, 0.1) is 16.3 Å². The number of aromatic nitrogens is 1. The molecule has 0 unspecified atom stereocenters. The average molecular weight is 242 g/mol. The van der Waals surface area contributed by atoms with Crippen molar-refractivity contribution in [3.63, 3.8) is 0 Å². The highest BCUT2D eigenvalue weighted by atomic mass is 32.1. The minimum atomic E-state index is -0.642. The monoisotopic (exact) mass is 242 g/mol. The van der Waals surface area contributed by atoms with Gasteiger partial charge in [0, 0.05) is 18.5 Å². The van der Waals surface area contributed by atoms with Gasteiger partial charge in [0.1, 0.15) is 0 Å². The molecule has 0 aliphatic carbocycles. The molecule has 0 spiro atoms. The van der Waals surface area contributed by atoms with Crippen LogP contribution in [-0.4, -0.2) is 34.2 Å². The lowest BCUT2D eigenvalue weighted by molar-refractivity contribution is 0.0422. The zero-order valence-corrected chi connectivity index (χ0v) is 11.5. The third-order valence-electron chi connectivity index (χ3n) is 2.15. The van der Waals surface area contributed by atoms with Crippen LogP contribution in [0.25, 0.3) is 0 Å². The molecule has 0 fully saturated rings. The Labute approximate surface area is 102 Å². The molecule has 0 aliphatic heterocycles. The standard InChI is InChI=1S/C12H22N2OS/c1-5-6-11-13-10(8-16-11)7-14(4)9-12(2,3)15/h8,15H,5-7,9H2,1-4H3. The van der Waals surface area contributed by atoms with Crippen molar-refractivity contribution in [3.05, 3.63) is 16.1 Å². The normalized spacial score (nSPS) is 12.4. The van der Waals surface area contributed by atoms with Gasteiger partial charge < -0.3 is 5.11 Å². The summed E-state index contributed by atoms with van der Waals surface area (Å²) in [5.41, 5.74) is 0.469. The van der Waals surface area contributed by atoms with E-state index in [1.807, 2.05) is 20.9 Å². The first kappa shape index (κ1) is 13.6. The summed E-state index contributed by atoms with van der Waals surface area (Å²) < 4.78 is 0. The molecule has 0 bridgehead atoms. The second-order valence-corrected chi connectivity index (χ2v) is 5.91. The van der Waals surface area contributed by atoms with Crippen molar-refractivity contribution in [2.75, 3.05) is 13.6 Å². The zero-order chi connectivity index (χ0) is 12.2. The van der Waals surface area contributed by atoms with Crippen LogP contribution >= 0.6 is 11.3 Å². The summed E-state index contributed by atoms with van der Waals surface area (Å²) >= 11 is 1.73. The third kappa shape index (κ3) is 5.05. The molecule has 0 saturated carbocycles. The maximum absolute atomic E-state index is 9.70. The van der Waals surface area contributed by atoms with Crippen LogP contribution in [0.4, 0.5) is 0 Å². The molecule has 0 aliphatic rings. The van der Waals surface area contributed by atoms with E-state index in [2.05, 4.69) is 22.2 Å². The van der Waals surface area contributed by atoms with Crippen LogP contribution < -0.4 is 0 Å². The molecule has 92 valence electrons. The molecule has 16 heavy (non-hydrogen) atoms. The topological polar surface area (TPSA) is 36.4 Å². The fourth-order valence-electron chi connectivity index (χ4n) is 1.74. The summed E-state index contributed by atoms with van der Waals surface area (Å²) in [7, 11) is 2.01. The van der Waals surface area contributed by atoms with E-state index in [4.69, 9.17) is 0 Å². The molecule has 3 nitrogen and oxygen atoms in total. The minimum Gasteiger partial charge on any atom is -0.389 e. The van der Waals surface area contributed by atoms with Crippen LogP contribution in [0.2, 0.25) is 0 Å². The molecule has 0 atom stereocenters. The highest BCUT2D eigenvalue weighted by Gasteiger charge is 2.16. The fourth-order valence-corrected chi connectivity index (χ4v) is 2.63. The number of aryl methyl sites for hydroxylation is 1. The first-order valence-corrected chi connectivity index (χ1v) is 6.63. The van der Waals surface area contributed by atoms with Crippen molar-refractivity contribution < 1.29 is 5.11 Å². The molecule has 0 aromatic carbocycles. The largest absolute Gasteiger partial charge is 0.389 e. The lowest BCUT2D eigenvalue weighted by atomic mass is 10.1. The predicted octanol–water partition coefficient (Wildman–Crippen LogP) is 2.30. The quantitative estimate of drug-likeness (QED) is 0.831. The van der Waals surface area contributed by atoms with E-state index >= 15 is 0 Å².